The number of nitrogens with one attached hydrogen (secondary N) is 1. The molecule has 1 aromatic rings. The van der Waals surface area contributed by atoms with E-state index in [9.17, 15) is 8.42 Å². The van der Waals surface area contributed by atoms with Crippen LogP contribution in [0.3, 0.4) is 0 Å². The number of rotatable bonds is 6. The van der Waals surface area contributed by atoms with E-state index < -0.39 is 10.0 Å². The van der Waals surface area contributed by atoms with Gasteiger partial charge in [0.25, 0.3) is 0 Å². The first kappa shape index (κ1) is 15.9. The average Bonchev–Trinajstić information content (AvgIpc) is 3.24. The second-order valence-electron chi connectivity index (χ2n) is 6.89. The third-order valence-electron chi connectivity index (χ3n) is 4.69. The molecular formula is C16H25N3O2S. The summed E-state index contributed by atoms with van der Waals surface area (Å²) in [7, 11) is -3.13. The van der Waals surface area contributed by atoms with Crippen LogP contribution in [0.1, 0.15) is 32.4 Å². The highest BCUT2D eigenvalue weighted by molar-refractivity contribution is 7.90. The molecule has 2 fully saturated rings. The topological polar surface area (TPSA) is 62.3 Å². The third kappa shape index (κ3) is 3.67. The van der Waals surface area contributed by atoms with Gasteiger partial charge in [-0.1, -0.05) is 19.9 Å². The van der Waals surface area contributed by atoms with Crippen molar-refractivity contribution in [2.75, 3.05) is 13.1 Å². The van der Waals surface area contributed by atoms with Crippen LogP contribution in [0.4, 0.5) is 0 Å². The van der Waals surface area contributed by atoms with Crippen molar-refractivity contribution in [3.63, 3.8) is 0 Å². The number of pyridine rings is 1. The lowest BCUT2D eigenvalue weighted by Crippen LogP contribution is -2.43. The van der Waals surface area contributed by atoms with E-state index in [0.717, 1.165) is 38.2 Å². The lowest BCUT2D eigenvalue weighted by atomic mass is 9.92. The molecule has 3 rings (SSSR count). The molecule has 1 N–H and O–H groups in total. The smallest absolute Gasteiger partial charge is 0.214 e. The van der Waals surface area contributed by atoms with Gasteiger partial charge in [-0.05, 0) is 36.8 Å². The van der Waals surface area contributed by atoms with Gasteiger partial charge >= 0.3 is 0 Å². The summed E-state index contributed by atoms with van der Waals surface area (Å²) in [5.74, 6) is 0.817. The Hall–Kier alpha value is -0.980. The van der Waals surface area contributed by atoms with E-state index in [1.54, 1.807) is 6.20 Å². The van der Waals surface area contributed by atoms with Gasteiger partial charge in [-0.25, -0.2) is 13.1 Å². The Morgan fingerprint density at radius 3 is 2.68 bits per heavy atom. The van der Waals surface area contributed by atoms with E-state index >= 15 is 0 Å². The minimum Gasteiger partial charge on any atom is -0.296 e. The van der Waals surface area contributed by atoms with Gasteiger partial charge in [-0.2, -0.15) is 0 Å². The molecule has 0 amide bonds. The molecule has 1 aromatic heterocycles. The van der Waals surface area contributed by atoms with Crippen LogP contribution in [0.5, 0.6) is 0 Å². The Morgan fingerprint density at radius 2 is 2.09 bits per heavy atom. The number of sulfonamides is 1. The second-order valence-corrected chi connectivity index (χ2v) is 8.88. The molecule has 1 saturated heterocycles. The van der Waals surface area contributed by atoms with E-state index in [1.807, 2.05) is 18.2 Å². The Balaban J connectivity index is 1.67. The molecule has 1 aliphatic heterocycles. The number of nitrogens with zero attached hydrogens (tertiary/aromatic N) is 2. The molecular weight excluding hydrogens is 298 g/mol. The van der Waals surface area contributed by atoms with Crippen LogP contribution >= 0.6 is 0 Å². The van der Waals surface area contributed by atoms with Gasteiger partial charge in [0.15, 0.2) is 0 Å². The van der Waals surface area contributed by atoms with Gasteiger partial charge < -0.3 is 0 Å². The number of aromatic nitrogens is 1. The van der Waals surface area contributed by atoms with Crippen LogP contribution in [-0.4, -0.2) is 42.7 Å². The highest BCUT2D eigenvalue weighted by atomic mass is 32.2. The summed E-state index contributed by atoms with van der Waals surface area (Å²) in [4.78, 5) is 6.68. The quantitative estimate of drug-likeness (QED) is 0.864. The first-order valence-corrected chi connectivity index (χ1v) is 9.64. The molecule has 5 nitrogen and oxygen atoms in total. The summed E-state index contributed by atoms with van der Waals surface area (Å²) in [5, 5.41) is -0.148. The van der Waals surface area contributed by atoms with Gasteiger partial charge in [-0.15, -0.1) is 0 Å². The van der Waals surface area contributed by atoms with Gasteiger partial charge in [0.1, 0.15) is 0 Å². The minimum absolute atomic E-state index is 0.0225. The molecule has 2 atom stereocenters. The number of hydrogen-bond acceptors (Lipinski definition) is 4. The zero-order chi connectivity index (χ0) is 15.7. The third-order valence-corrected chi connectivity index (χ3v) is 6.67. The lowest BCUT2D eigenvalue weighted by molar-refractivity contribution is 0.293. The predicted octanol–water partition coefficient (Wildman–Crippen LogP) is 1.62. The van der Waals surface area contributed by atoms with Gasteiger partial charge in [0.2, 0.25) is 10.0 Å². The van der Waals surface area contributed by atoms with Crippen molar-refractivity contribution < 1.29 is 8.42 Å². The van der Waals surface area contributed by atoms with Crippen molar-refractivity contribution in [2.24, 2.45) is 11.8 Å². The summed E-state index contributed by atoms with van der Waals surface area (Å²) in [6.45, 7) is 6.82. The molecule has 0 aromatic carbocycles. The maximum atomic E-state index is 12.2. The lowest BCUT2D eigenvalue weighted by Gasteiger charge is -2.22. The largest absolute Gasteiger partial charge is 0.296 e. The van der Waals surface area contributed by atoms with E-state index in [0.29, 0.717) is 11.8 Å². The van der Waals surface area contributed by atoms with E-state index in [-0.39, 0.29) is 11.3 Å². The van der Waals surface area contributed by atoms with Crippen LogP contribution in [0, 0.1) is 11.8 Å². The molecule has 0 spiro atoms. The van der Waals surface area contributed by atoms with Gasteiger partial charge in [-0.3, -0.25) is 9.88 Å². The Bertz CT molecular complexity index is 599. The van der Waals surface area contributed by atoms with Gasteiger partial charge in [0.05, 0.1) is 10.9 Å². The zero-order valence-corrected chi connectivity index (χ0v) is 14.1. The Labute approximate surface area is 133 Å². The Kier molecular flexibility index (Phi) is 4.52. The fraction of sp³-hybridized carbons (Fsp3) is 0.688. The maximum Gasteiger partial charge on any atom is 0.214 e. The summed E-state index contributed by atoms with van der Waals surface area (Å²) in [6.07, 6.45) is 3.43. The van der Waals surface area contributed by atoms with Gasteiger partial charge in [0, 0.05) is 31.9 Å². The molecule has 6 heteroatoms. The van der Waals surface area contributed by atoms with E-state index in [2.05, 4.69) is 28.5 Å². The highest BCUT2D eigenvalue weighted by Gasteiger charge is 2.42. The van der Waals surface area contributed by atoms with Crippen LogP contribution < -0.4 is 4.72 Å². The fourth-order valence-electron chi connectivity index (χ4n) is 3.25. The summed E-state index contributed by atoms with van der Waals surface area (Å²) >= 11 is 0. The molecule has 0 radical (unpaired) electrons. The zero-order valence-electron chi connectivity index (χ0n) is 13.3. The molecule has 1 aliphatic carbocycles. The van der Waals surface area contributed by atoms with Crippen LogP contribution in [0.2, 0.25) is 0 Å². The average molecular weight is 323 g/mol. The van der Waals surface area contributed by atoms with Crippen molar-refractivity contribution in [3.05, 3.63) is 30.1 Å². The normalized spacial score (nSPS) is 26.7. The van der Waals surface area contributed by atoms with E-state index in [1.165, 1.54) is 0 Å². The minimum atomic E-state index is -3.13. The molecule has 0 unspecified atom stereocenters. The van der Waals surface area contributed by atoms with Crippen molar-refractivity contribution in [3.8, 4) is 0 Å². The molecule has 2 heterocycles. The van der Waals surface area contributed by atoms with Crippen molar-refractivity contribution in [1.82, 2.24) is 14.6 Å². The predicted molar refractivity (Wildman–Crippen MR) is 86.7 cm³/mol. The van der Waals surface area contributed by atoms with Crippen LogP contribution in [-0.2, 0) is 16.6 Å². The summed E-state index contributed by atoms with van der Waals surface area (Å²) in [6, 6.07) is 5.95. The van der Waals surface area contributed by atoms with Crippen molar-refractivity contribution >= 4 is 10.0 Å². The van der Waals surface area contributed by atoms with Crippen molar-refractivity contribution in [1.29, 1.82) is 0 Å². The van der Waals surface area contributed by atoms with Crippen LogP contribution in [0.25, 0.3) is 0 Å². The monoisotopic (exact) mass is 323 g/mol. The number of likely N-dealkylation sites (tertiary alicyclic amines) is 1. The molecule has 22 heavy (non-hydrogen) atoms. The maximum absolute atomic E-state index is 12.2. The standard InChI is InChI=1S/C16H25N3O2S/c1-12(2)15-10-19(9-13-5-3-4-8-17-13)11-16(15)18-22(20,21)14-6-7-14/h3-5,8,12,14-16,18H,6-7,9-11H2,1-2H3/t15-,16+/m1/s1. The molecule has 122 valence electrons. The van der Waals surface area contributed by atoms with Crippen LogP contribution in [0.15, 0.2) is 24.4 Å². The highest BCUT2D eigenvalue weighted by Crippen LogP contribution is 2.31. The van der Waals surface area contributed by atoms with Crippen molar-refractivity contribution in [2.45, 2.75) is 44.5 Å². The fourth-order valence-corrected chi connectivity index (χ4v) is 4.87. The first-order valence-electron chi connectivity index (χ1n) is 8.09. The second kappa shape index (κ2) is 6.26. The molecule has 0 bridgehead atoms. The summed E-state index contributed by atoms with van der Waals surface area (Å²) in [5.41, 5.74) is 1.04. The molecule has 2 aliphatic rings. The number of hydrogen-bond donors (Lipinski definition) is 1. The molecule has 1 saturated carbocycles. The first-order chi connectivity index (χ1) is 10.5. The summed E-state index contributed by atoms with van der Waals surface area (Å²) < 4.78 is 27.5. The Morgan fingerprint density at radius 1 is 1.32 bits per heavy atom. The SMILES string of the molecule is CC(C)[C@H]1CN(Cc2ccccn2)C[C@@H]1NS(=O)(=O)C1CC1. The van der Waals surface area contributed by atoms with E-state index in [4.69, 9.17) is 0 Å².